The highest BCUT2D eigenvalue weighted by Crippen LogP contribution is 2.28. The number of aromatic amines is 1. The molecule has 1 fully saturated rings. The molecule has 2 heterocycles. The van der Waals surface area contributed by atoms with Crippen LogP contribution in [0.15, 0.2) is 54.7 Å². The van der Waals surface area contributed by atoms with Crippen molar-refractivity contribution in [2.75, 3.05) is 10.6 Å². The third-order valence-corrected chi connectivity index (χ3v) is 6.22. The van der Waals surface area contributed by atoms with Crippen LogP contribution in [0.3, 0.4) is 0 Å². The van der Waals surface area contributed by atoms with Crippen LogP contribution < -0.4 is 16.4 Å². The van der Waals surface area contributed by atoms with E-state index in [0.717, 1.165) is 58.7 Å². The van der Waals surface area contributed by atoms with Crippen molar-refractivity contribution in [2.45, 2.75) is 44.3 Å². The Bertz CT molecular complexity index is 1200. The molecule has 1 aliphatic carbocycles. The van der Waals surface area contributed by atoms with E-state index < -0.39 is 0 Å². The first-order valence-electron chi connectivity index (χ1n) is 11.0. The van der Waals surface area contributed by atoms with Crippen molar-refractivity contribution in [1.82, 2.24) is 20.2 Å². The zero-order chi connectivity index (χ0) is 21.9. The van der Waals surface area contributed by atoms with E-state index in [4.69, 9.17) is 17.3 Å². The standard InChI is InChI=1S/C24H26ClN7/c25-17-6-4-15(5-7-17)13-27-20-3-1-2-16(12-20)22-21-14-28-24(30-23(21)32-31-22)29-19-10-8-18(26)9-11-19/h1-7,12,14,18-19,27H,8-11,13,26H2,(H2,28,29,30,31,32). The summed E-state index contributed by atoms with van der Waals surface area (Å²) < 4.78 is 0. The summed E-state index contributed by atoms with van der Waals surface area (Å²) in [5.74, 6) is 0.631. The maximum absolute atomic E-state index is 6.01. The maximum atomic E-state index is 6.01. The second kappa shape index (κ2) is 9.14. The molecule has 0 aliphatic heterocycles. The third-order valence-electron chi connectivity index (χ3n) is 5.97. The number of anilines is 2. The second-order valence-corrected chi connectivity index (χ2v) is 8.78. The summed E-state index contributed by atoms with van der Waals surface area (Å²) in [7, 11) is 0. The van der Waals surface area contributed by atoms with Crippen LogP contribution in [0.5, 0.6) is 0 Å². The monoisotopic (exact) mass is 447 g/mol. The molecule has 4 aromatic rings. The molecule has 0 spiro atoms. The molecular weight excluding hydrogens is 422 g/mol. The average Bonchev–Trinajstić information content (AvgIpc) is 3.24. The summed E-state index contributed by atoms with van der Waals surface area (Å²) in [6.07, 6.45) is 6.01. The molecule has 2 aromatic carbocycles. The van der Waals surface area contributed by atoms with Crippen LogP contribution >= 0.6 is 11.6 Å². The molecule has 2 aromatic heterocycles. The zero-order valence-electron chi connectivity index (χ0n) is 17.7. The molecule has 0 bridgehead atoms. The van der Waals surface area contributed by atoms with Gasteiger partial charge in [0.15, 0.2) is 5.65 Å². The number of halogens is 1. The van der Waals surface area contributed by atoms with Crippen LogP contribution in [0.1, 0.15) is 31.2 Å². The van der Waals surface area contributed by atoms with Gasteiger partial charge in [-0.15, -0.1) is 0 Å². The van der Waals surface area contributed by atoms with Gasteiger partial charge in [-0.1, -0.05) is 35.9 Å². The fraction of sp³-hybridized carbons (Fsp3) is 0.292. The Morgan fingerprint density at radius 1 is 1.06 bits per heavy atom. The number of fused-ring (bicyclic) bond motifs is 1. The van der Waals surface area contributed by atoms with E-state index in [1.165, 1.54) is 5.56 Å². The van der Waals surface area contributed by atoms with Gasteiger partial charge in [-0.05, 0) is 55.5 Å². The number of hydrogen-bond donors (Lipinski definition) is 4. The minimum atomic E-state index is 0.322. The van der Waals surface area contributed by atoms with Crippen LogP contribution in [-0.2, 0) is 6.54 Å². The molecule has 0 saturated heterocycles. The fourth-order valence-corrected chi connectivity index (χ4v) is 4.25. The lowest BCUT2D eigenvalue weighted by Crippen LogP contribution is -2.33. The van der Waals surface area contributed by atoms with E-state index in [1.54, 1.807) is 0 Å². The van der Waals surface area contributed by atoms with Gasteiger partial charge in [0.1, 0.15) is 5.69 Å². The van der Waals surface area contributed by atoms with Gasteiger partial charge >= 0.3 is 0 Å². The predicted octanol–water partition coefficient (Wildman–Crippen LogP) is 4.97. The van der Waals surface area contributed by atoms with E-state index in [-0.39, 0.29) is 0 Å². The quantitative estimate of drug-likeness (QED) is 0.332. The largest absolute Gasteiger partial charge is 0.381 e. The minimum absolute atomic E-state index is 0.322. The van der Waals surface area contributed by atoms with Crippen LogP contribution in [0.2, 0.25) is 5.02 Å². The Morgan fingerprint density at radius 3 is 2.69 bits per heavy atom. The number of benzene rings is 2. The highest BCUT2D eigenvalue weighted by molar-refractivity contribution is 6.30. The molecule has 1 saturated carbocycles. The second-order valence-electron chi connectivity index (χ2n) is 8.34. The number of aromatic nitrogens is 4. The Hall–Kier alpha value is -3.16. The topological polar surface area (TPSA) is 105 Å². The van der Waals surface area contributed by atoms with Crippen molar-refractivity contribution >= 4 is 34.3 Å². The Labute approximate surface area is 191 Å². The van der Waals surface area contributed by atoms with Crippen molar-refractivity contribution in [3.05, 3.63) is 65.3 Å². The molecule has 0 atom stereocenters. The van der Waals surface area contributed by atoms with E-state index in [0.29, 0.717) is 24.6 Å². The molecule has 5 N–H and O–H groups in total. The summed E-state index contributed by atoms with van der Waals surface area (Å²) in [6.45, 7) is 0.714. The molecule has 1 aliphatic rings. The number of nitrogens with two attached hydrogens (primary N) is 1. The SMILES string of the molecule is NC1CCC(Nc2ncc3c(-c4cccc(NCc5ccc(Cl)cc5)c4)n[nH]c3n2)CC1. The van der Waals surface area contributed by atoms with E-state index in [2.05, 4.69) is 36.9 Å². The summed E-state index contributed by atoms with van der Waals surface area (Å²) in [4.78, 5) is 9.19. The molecule has 0 unspecified atom stereocenters. The van der Waals surface area contributed by atoms with Gasteiger partial charge in [-0.25, -0.2) is 4.98 Å². The smallest absolute Gasteiger partial charge is 0.224 e. The number of nitrogens with one attached hydrogen (secondary N) is 3. The van der Waals surface area contributed by atoms with Crippen LogP contribution in [0, 0.1) is 0 Å². The van der Waals surface area contributed by atoms with Gasteiger partial charge in [0.25, 0.3) is 0 Å². The van der Waals surface area contributed by atoms with Gasteiger partial charge in [0.2, 0.25) is 5.95 Å². The summed E-state index contributed by atoms with van der Waals surface area (Å²) in [5, 5.41) is 16.1. The molecular formula is C24H26ClN7. The van der Waals surface area contributed by atoms with Gasteiger partial charge in [0, 0.05) is 41.1 Å². The first-order chi connectivity index (χ1) is 15.6. The van der Waals surface area contributed by atoms with E-state index in [9.17, 15) is 0 Å². The van der Waals surface area contributed by atoms with Crippen molar-refractivity contribution in [1.29, 1.82) is 0 Å². The van der Waals surface area contributed by atoms with E-state index >= 15 is 0 Å². The van der Waals surface area contributed by atoms with Gasteiger partial charge in [0.05, 0.1) is 5.39 Å². The molecule has 5 rings (SSSR count). The lowest BCUT2D eigenvalue weighted by atomic mass is 9.92. The number of hydrogen-bond acceptors (Lipinski definition) is 6. The van der Waals surface area contributed by atoms with Crippen LogP contribution in [-0.4, -0.2) is 32.2 Å². The molecule has 0 amide bonds. The van der Waals surface area contributed by atoms with E-state index in [1.807, 2.05) is 48.7 Å². The predicted molar refractivity (Wildman–Crippen MR) is 130 cm³/mol. The first-order valence-corrected chi connectivity index (χ1v) is 11.3. The van der Waals surface area contributed by atoms with Crippen molar-refractivity contribution in [3.8, 4) is 11.3 Å². The van der Waals surface area contributed by atoms with Gasteiger partial charge in [-0.2, -0.15) is 10.1 Å². The Kier molecular flexibility index (Phi) is 5.92. The maximum Gasteiger partial charge on any atom is 0.224 e. The van der Waals surface area contributed by atoms with Gasteiger partial charge in [-0.3, -0.25) is 5.10 Å². The average molecular weight is 448 g/mol. The van der Waals surface area contributed by atoms with Crippen molar-refractivity contribution < 1.29 is 0 Å². The highest BCUT2D eigenvalue weighted by atomic mass is 35.5. The van der Waals surface area contributed by atoms with Crippen LogP contribution in [0.4, 0.5) is 11.6 Å². The fourth-order valence-electron chi connectivity index (χ4n) is 4.13. The van der Waals surface area contributed by atoms with Crippen molar-refractivity contribution in [2.24, 2.45) is 5.73 Å². The summed E-state index contributed by atoms with van der Waals surface area (Å²) in [5.41, 5.74) is 10.8. The lowest BCUT2D eigenvalue weighted by Gasteiger charge is -2.26. The van der Waals surface area contributed by atoms with Crippen molar-refractivity contribution in [3.63, 3.8) is 0 Å². The molecule has 32 heavy (non-hydrogen) atoms. The summed E-state index contributed by atoms with van der Waals surface area (Å²) >= 11 is 5.97. The molecule has 0 radical (unpaired) electrons. The molecule has 164 valence electrons. The normalized spacial score (nSPS) is 18.6. The lowest BCUT2D eigenvalue weighted by molar-refractivity contribution is 0.410. The third kappa shape index (κ3) is 4.69. The summed E-state index contributed by atoms with van der Waals surface area (Å²) in [6, 6.07) is 16.7. The number of nitrogens with zero attached hydrogens (tertiary/aromatic N) is 3. The van der Waals surface area contributed by atoms with Gasteiger partial charge < -0.3 is 16.4 Å². The zero-order valence-corrected chi connectivity index (χ0v) is 18.4. The minimum Gasteiger partial charge on any atom is -0.381 e. The van der Waals surface area contributed by atoms with Crippen LogP contribution in [0.25, 0.3) is 22.3 Å². The highest BCUT2D eigenvalue weighted by Gasteiger charge is 2.19. The Balaban J connectivity index is 1.31. The number of H-pyrrole nitrogens is 1. The first kappa shape index (κ1) is 20.7. The molecule has 7 nitrogen and oxygen atoms in total. The Morgan fingerprint density at radius 2 is 1.88 bits per heavy atom. The molecule has 8 heteroatoms. The number of rotatable bonds is 6.